The van der Waals surface area contributed by atoms with E-state index in [0.717, 1.165) is 5.56 Å². The van der Waals surface area contributed by atoms with Gasteiger partial charge in [-0.1, -0.05) is 61.9 Å². The standard InChI is InChI=1S/C22H25N3O5/c1-2-9-17(23-22(28)29-14-15-10-5-3-6-11-15)19(26)24-18-20(27)25-21(18)30-16-12-7-4-8-13-16/h3-8,10-13,17-18,21H,2,9,14H2,1H3,(H,23,28)(H,24,26)(H,25,27)/t17-,18+,21-/m0/s1. The van der Waals surface area contributed by atoms with Crippen molar-refractivity contribution in [1.82, 2.24) is 16.0 Å². The number of amides is 3. The number of ether oxygens (including phenoxy) is 2. The Morgan fingerprint density at radius 1 is 1.07 bits per heavy atom. The summed E-state index contributed by atoms with van der Waals surface area (Å²) in [6.07, 6.45) is -0.290. The van der Waals surface area contributed by atoms with Crippen LogP contribution in [0.5, 0.6) is 5.75 Å². The molecule has 1 aliphatic heterocycles. The summed E-state index contributed by atoms with van der Waals surface area (Å²) in [6.45, 7) is 2.00. The van der Waals surface area contributed by atoms with Crippen molar-refractivity contribution in [2.45, 2.75) is 44.7 Å². The molecule has 0 aromatic heterocycles. The summed E-state index contributed by atoms with van der Waals surface area (Å²) in [5.74, 6) is -0.226. The number of rotatable bonds is 9. The molecule has 3 atom stereocenters. The average Bonchev–Trinajstić information content (AvgIpc) is 2.77. The Hall–Kier alpha value is -3.55. The molecule has 8 nitrogen and oxygen atoms in total. The fourth-order valence-electron chi connectivity index (χ4n) is 2.96. The summed E-state index contributed by atoms with van der Waals surface area (Å²) in [5.41, 5.74) is 0.844. The molecule has 30 heavy (non-hydrogen) atoms. The van der Waals surface area contributed by atoms with Crippen molar-refractivity contribution >= 4 is 17.9 Å². The Morgan fingerprint density at radius 2 is 1.73 bits per heavy atom. The maximum Gasteiger partial charge on any atom is 0.408 e. The maximum atomic E-state index is 12.7. The highest BCUT2D eigenvalue weighted by Crippen LogP contribution is 2.16. The molecule has 1 aliphatic rings. The van der Waals surface area contributed by atoms with Crippen LogP contribution in [0.3, 0.4) is 0 Å². The third-order valence-electron chi connectivity index (χ3n) is 4.57. The molecule has 1 heterocycles. The van der Waals surface area contributed by atoms with Gasteiger partial charge in [0.2, 0.25) is 12.1 Å². The van der Waals surface area contributed by atoms with Gasteiger partial charge >= 0.3 is 6.09 Å². The zero-order valence-electron chi connectivity index (χ0n) is 16.7. The number of alkyl carbamates (subject to hydrolysis) is 1. The highest BCUT2D eigenvalue weighted by Gasteiger charge is 2.43. The fourth-order valence-corrected chi connectivity index (χ4v) is 2.96. The van der Waals surface area contributed by atoms with E-state index in [1.165, 1.54) is 0 Å². The van der Waals surface area contributed by atoms with Crippen molar-refractivity contribution in [2.24, 2.45) is 0 Å². The molecule has 158 valence electrons. The summed E-state index contributed by atoms with van der Waals surface area (Å²) in [6, 6.07) is 16.6. The van der Waals surface area contributed by atoms with Gasteiger partial charge in [-0.2, -0.15) is 0 Å². The molecule has 2 aromatic rings. The van der Waals surface area contributed by atoms with Gasteiger partial charge in [0.1, 0.15) is 18.4 Å². The summed E-state index contributed by atoms with van der Waals surface area (Å²) in [7, 11) is 0. The zero-order chi connectivity index (χ0) is 21.3. The van der Waals surface area contributed by atoms with Crippen molar-refractivity contribution in [3.8, 4) is 5.75 Å². The second-order valence-corrected chi connectivity index (χ2v) is 6.89. The molecule has 3 N–H and O–H groups in total. The molecule has 0 unspecified atom stereocenters. The Kier molecular flexibility index (Phi) is 7.26. The molecule has 3 amide bonds. The van der Waals surface area contributed by atoms with Gasteiger partial charge < -0.3 is 25.4 Å². The Balaban J connectivity index is 1.52. The smallest absolute Gasteiger partial charge is 0.408 e. The first-order chi connectivity index (χ1) is 14.6. The topological polar surface area (TPSA) is 106 Å². The van der Waals surface area contributed by atoms with E-state index in [0.29, 0.717) is 18.6 Å². The van der Waals surface area contributed by atoms with Crippen molar-refractivity contribution in [1.29, 1.82) is 0 Å². The van der Waals surface area contributed by atoms with E-state index in [-0.39, 0.29) is 12.5 Å². The lowest BCUT2D eigenvalue weighted by Crippen LogP contribution is -2.72. The van der Waals surface area contributed by atoms with Gasteiger partial charge in [0.25, 0.3) is 5.91 Å². The van der Waals surface area contributed by atoms with E-state index >= 15 is 0 Å². The summed E-state index contributed by atoms with van der Waals surface area (Å²) in [5, 5.41) is 7.84. The summed E-state index contributed by atoms with van der Waals surface area (Å²) >= 11 is 0. The monoisotopic (exact) mass is 411 g/mol. The van der Waals surface area contributed by atoms with Crippen molar-refractivity contribution in [2.75, 3.05) is 0 Å². The summed E-state index contributed by atoms with van der Waals surface area (Å²) in [4.78, 5) is 36.7. The first kappa shape index (κ1) is 21.2. The van der Waals surface area contributed by atoms with E-state index in [1.807, 2.05) is 55.5 Å². The number of hydrogen-bond donors (Lipinski definition) is 3. The van der Waals surface area contributed by atoms with Crippen molar-refractivity contribution in [3.63, 3.8) is 0 Å². The molecule has 0 aliphatic carbocycles. The van der Waals surface area contributed by atoms with Crippen LogP contribution in [0.1, 0.15) is 25.3 Å². The van der Waals surface area contributed by atoms with E-state index in [2.05, 4.69) is 16.0 Å². The zero-order valence-corrected chi connectivity index (χ0v) is 16.7. The normalized spacial score (nSPS) is 18.4. The van der Waals surface area contributed by atoms with Gasteiger partial charge in [0, 0.05) is 0 Å². The number of nitrogens with one attached hydrogen (secondary N) is 3. The van der Waals surface area contributed by atoms with Crippen LogP contribution in [0.4, 0.5) is 4.79 Å². The molecule has 0 spiro atoms. The molecular formula is C22H25N3O5. The van der Waals surface area contributed by atoms with Crippen LogP contribution >= 0.6 is 0 Å². The Morgan fingerprint density at radius 3 is 2.37 bits per heavy atom. The number of carbonyl (C=O) groups excluding carboxylic acids is 3. The first-order valence-electron chi connectivity index (χ1n) is 9.86. The second-order valence-electron chi connectivity index (χ2n) is 6.89. The lowest BCUT2D eigenvalue weighted by molar-refractivity contribution is -0.143. The predicted octanol–water partition coefficient (Wildman–Crippen LogP) is 2.10. The van der Waals surface area contributed by atoms with Crippen molar-refractivity contribution in [3.05, 3.63) is 66.2 Å². The number of benzene rings is 2. The third kappa shape index (κ3) is 5.73. The summed E-state index contributed by atoms with van der Waals surface area (Å²) < 4.78 is 10.9. The van der Waals surface area contributed by atoms with Crippen LogP contribution in [0.25, 0.3) is 0 Å². The van der Waals surface area contributed by atoms with Gasteiger partial charge in [0.15, 0.2) is 6.04 Å². The minimum absolute atomic E-state index is 0.102. The molecule has 1 fully saturated rings. The number of carbonyl (C=O) groups is 3. The number of para-hydroxylation sites is 1. The van der Waals surface area contributed by atoms with E-state index < -0.39 is 30.3 Å². The minimum atomic E-state index is -0.834. The van der Waals surface area contributed by atoms with Gasteiger partial charge in [0.05, 0.1) is 0 Å². The molecule has 2 aromatic carbocycles. The molecule has 8 heteroatoms. The third-order valence-corrected chi connectivity index (χ3v) is 4.57. The first-order valence-corrected chi connectivity index (χ1v) is 9.86. The Bertz CT molecular complexity index is 860. The van der Waals surface area contributed by atoms with E-state index in [4.69, 9.17) is 9.47 Å². The largest absolute Gasteiger partial charge is 0.468 e. The van der Waals surface area contributed by atoms with Crippen LogP contribution in [0, 0.1) is 0 Å². The van der Waals surface area contributed by atoms with Crippen LogP contribution in [-0.2, 0) is 20.9 Å². The molecule has 0 bridgehead atoms. The van der Waals surface area contributed by atoms with Crippen molar-refractivity contribution < 1.29 is 23.9 Å². The number of β-lactam (4-membered cyclic amide) rings is 1. The SMILES string of the molecule is CCC[C@H](NC(=O)OCc1ccccc1)C(=O)N[C@@H]1C(=O)N[C@H]1Oc1ccccc1. The predicted molar refractivity (Wildman–Crippen MR) is 109 cm³/mol. The highest BCUT2D eigenvalue weighted by molar-refractivity contribution is 5.95. The lowest BCUT2D eigenvalue weighted by Gasteiger charge is -2.37. The van der Waals surface area contributed by atoms with Gasteiger partial charge in [-0.15, -0.1) is 0 Å². The molecular weight excluding hydrogens is 386 g/mol. The van der Waals surface area contributed by atoms with Crippen LogP contribution in [0.2, 0.25) is 0 Å². The molecule has 0 saturated carbocycles. The van der Waals surface area contributed by atoms with Gasteiger partial charge in [-0.25, -0.2) is 4.79 Å². The average molecular weight is 411 g/mol. The second kappa shape index (κ2) is 10.3. The maximum absolute atomic E-state index is 12.7. The number of hydrogen-bond acceptors (Lipinski definition) is 5. The van der Waals surface area contributed by atoms with Crippen LogP contribution in [-0.4, -0.2) is 36.2 Å². The van der Waals surface area contributed by atoms with E-state index in [1.54, 1.807) is 12.1 Å². The molecule has 1 saturated heterocycles. The van der Waals surface area contributed by atoms with Crippen LogP contribution in [0.15, 0.2) is 60.7 Å². The quantitative estimate of drug-likeness (QED) is 0.548. The minimum Gasteiger partial charge on any atom is -0.468 e. The van der Waals surface area contributed by atoms with Gasteiger partial charge in [-0.05, 0) is 24.1 Å². The lowest BCUT2D eigenvalue weighted by atomic mass is 10.1. The molecule has 3 rings (SSSR count). The van der Waals surface area contributed by atoms with Crippen LogP contribution < -0.4 is 20.7 Å². The van der Waals surface area contributed by atoms with Gasteiger partial charge in [-0.3, -0.25) is 9.59 Å². The Labute approximate surface area is 174 Å². The molecule has 0 radical (unpaired) electrons. The fraction of sp³-hybridized carbons (Fsp3) is 0.318. The van der Waals surface area contributed by atoms with E-state index in [9.17, 15) is 14.4 Å². The highest BCUT2D eigenvalue weighted by atomic mass is 16.5.